The summed E-state index contributed by atoms with van der Waals surface area (Å²) in [6, 6.07) is 6.89. The fraction of sp³-hybridized carbons (Fsp3) is 0.421. The molecule has 1 atom stereocenters. The maximum atomic E-state index is 13.0. The Morgan fingerprint density at radius 2 is 2.00 bits per heavy atom. The summed E-state index contributed by atoms with van der Waals surface area (Å²) < 4.78 is 20.2. The van der Waals surface area contributed by atoms with E-state index in [1.807, 2.05) is 25.4 Å². The molecule has 0 radical (unpaired) electrons. The third kappa shape index (κ3) is 4.67. The largest absolute Gasteiger partial charge is 0.379 e. The number of benzene rings is 1. The van der Waals surface area contributed by atoms with Crippen molar-refractivity contribution in [2.75, 3.05) is 26.3 Å². The summed E-state index contributed by atoms with van der Waals surface area (Å²) >= 11 is 0. The highest BCUT2D eigenvalue weighted by Crippen LogP contribution is 2.13. The molecule has 5 heteroatoms. The van der Waals surface area contributed by atoms with Gasteiger partial charge in [0, 0.05) is 26.3 Å². The molecule has 1 fully saturated rings. The third-order valence-corrected chi connectivity index (χ3v) is 4.19. The van der Waals surface area contributed by atoms with Crippen molar-refractivity contribution >= 4 is 0 Å². The average molecular weight is 327 g/mol. The second-order valence-corrected chi connectivity index (χ2v) is 6.00. The van der Waals surface area contributed by atoms with E-state index in [1.165, 1.54) is 12.1 Å². The molecule has 0 N–H and O–H groups in total. The maximum Gasteiger partial charge on any atom is 0.123 e. The standard InChI is InChI=1S/C19H22FN3O/c1-22-15-17(14-21-22)5-9-19(23-10-12-24-13-11-23)8-4-16-2-6-18(20)7-3-16/h2-3,6-7,14-15,19H,4,8,10-13H2,1H3. The van der Waals surface area contributed by atoms with Crippen LogP contribution in [0.15, 0.2) is 36.7 Å². The highest BCUT2D eigenvalue weighted by Gasteiger charge is 2.19. The molecule has 1 aliphatic rings. The van der Waals surface area contributed by atoms with Crippen molar-refractivity contribution < 1.29 is 9.13 Å². The number of rotatable bonds is 4. The number of ether oxygens (including phenoxy) is 1. The van der Waals surface area contributed by atoms with E-state index in [4.69, 9.17) is 4.74 Å². The number of aromatic nitrogens is 2. The van der Waals surface area contributed by atoms with Crippen LogP contribution >= 0.6 is 0 Å². The van der Waals surface area contributed by atoms with Gasteiger partial charge in [-0.15, -0.1) is 0 Å². The van der Waals surface area contributed by atoms with Crippen molar-refractivity contribution in [2.24, 2.45) is 7.05 Å². The molecule has 1 aliphatic heterocycles. The Morgan fingerprint density at radius 1 is 1.25 bits per heavy atom. The number of nitrogens with zero attached hydrogens (tertiary/aromatic N) is 3. The maximum absolute atomic E-state index is 13.0. The van der Waals surface area contributed by atoms with Crippen LogP contribution in [0.3, 0.4) is 0 Å². The molecular weight excluding hydrogens is 305 g/mol. The Labute approximate surface area is 142 Å². The van der Waals surface area contributed by atoms with Gasteiger partial charge in [0.1, 0.15) is 5.82 Å². The van der Waals surface area contributed by atoms with Crippen LogP contribution < -0.4 is 0 Å². The van der Waals surface area contributed by atoms with Crippen LogP contribution in [0.25, 0.3) is 0 Å². The molecule has 0 amide bonds. The van der Waals surface area contributed by atoms with E-state index in [0.717, 1.165) is 50.3 Å². The van der Waals surface area contributed by atoms with Crippen molar-refractivity contribution in [1.82, 2.24) is 14.7 Å². The Balaban J connectivity index is 1.69. The molecule has 24 heavy (non-hydrogen) atoms. The summed E-state index contributed by atoms with van der Waals surface area (Å²) in [6.07, 6.45) is 5.50. The van der Waals surface area contributed by atoms with Crippen LogP contribution in [-0.4, -0.2) is 47.0 Å². The SMILES string of the molecule is Cn1cc(C#CC(CCc2ccc(F)cc2)N2CCOCC2)cn1. The average Bonchev–Trinajstić information content (AvgIpc) is 3.03. The molecule has 1 unspecified atom stereocenters. The fourth-order valence-electron chi connectivity index (χ4n) is 2.84. The van der Waals surface area contributed by atoms with Crippen LogP contribution in [0.4, 0.5) is 4.39 Å². The molecular formula is C19H22FN3O. The van der Waals surface area contributed by atoms with Crippen molar-refractivity contribution in [1.29, 1.82) is 0 Å². The molecule has 0 aliphatic carbocycles. The highest BCUT2D eigenvalue weighted by molar-refractivity contribution is 5.31. The Hall–Kier alpha value is -2.16. The molecule has 1 aromatic heterocycles. The van der Waals surface area contributed by atoms with Gasteiger partial charge in [0.05, 0.1) is 31.0 Å². The van der Waals surface area contributed by atoms with Gasteiger partial charge in [0.15, 0.2) is 0 Å². The number of hydrogen-bond donors (Lipinski definition) is 0. The van der Waals surface area contributed by atoms with Gasteiger partial charge in [-0.25, -0.2) is 4.39 Å². The first-order valence-corrected chi connectivity index (χ1v) is 8.27. The van der Waals surface area contributed by atoms with Crippen LogP contribution in [0.5, 0.6) is 0 Å². The summed E-state index contributed by atoms with van der Waals surface area (Å²) in [5.41, 5.74) is 2.07. The van der Waals surface area contributed by atoms with Gasteiger partial charge in [-0.2, -0.15) is 5.10 Å². The molecule has 2 heterocycles. The Bertz CT molecular complexity index is 708. The summed E-state index contributed by atoms with van der Waals surface area (Å²) in [4.78, 5) is 2.37. The molecule has 0 saturated carbocycles. The number of aryl methyl sites for hydroxylation is 2. The zero-order valence-electron chi connectivity index (χ0n) is 13.9. The lowest BCUT2D eigenvalue weighted by molar-refractivity contribution is 0.0260. The van der Waals surface area contributed by atoms with E-state index in [-0.39, 0.29) is 11.9 Å². The summed E-state index contributed by atoms with van der Waals surface area (Å²) in [6.45, 7) is 3.30. The molecule has 0 bridgehead atoms. The van der Waals surface area contributed by atoms with Crippen molar-refractivity contribution in [3.63, 3.8) is 0 Å². The monoisotopic (exact) mass is 327 g/mol. The van der Waals surface area contributed by atoms with E-state index in [0.29, 0.717) is 0 Å². The molecule has 2 aromatic rings. The predicted molar refractivity (Wildman–Crippen MR) is 91.0 cm³/mol. The van der Waals surface area contributed by atoms with Gasteiger partial charge in [-0.1, -0.05) is 24.0 Å². The van der Waals surface area contributed by atoms with E-state index in [2.05, 4.69) is 21.8 Å². The lowest BCUT2D eigenvalue weighted by Crippen LogP contribution is -2.43. The number of hydrogen-bond acceptors (Lipinski definition) is 3. The van der Waals surface area contributed by atoms with Crippen molar-refractivity contribution in [2.45, 2.75) is 18.9 Å². The minimum atomic E-state index is -0.195. The van der Waals surface area contributed by atoms with Gasteiger partial charge in [-0.05, 0) is 30.5 Å². The first-order valence-electron chi connectivity index (χ1n) is 8.27. The van der Waals surface area contributed by atoms with Gasteiger partial charge >= 0.3 is 0 Å². The lowest BCUT2D eigenvalue weighted by atomic mass is 10.0. The summed E-state index contributed by atoms with van der Waals surface area (Å²) in [5, 5.41) is 4.15. The highest BCUT2D eigenvalue weighted by atomic mass is 19.1. The summed E-state index contributed by atoms with van der Waals surface area (Å²) in [5.74, 6) is 6.43. The van der Waals surface area contributed by atoms with E-state index in [9.17, 15) is 4.39 Å². The second-order valence-electron chi connectivity index (χ2n) is 6.00. The first kappa shape index (κ1) is 16.7. The van der Waals surface area contributed by atoms with E-state index in [1.54, 1.807) is 10.9 Å². The molecule has 126 valence electrons. The van der Waals surface area contributed by atoms with Crippen LogP contribution in [0.2, 0.25) is 0 Å². The quantitative estimate of drug-likeness (QED) is 0.807. The fourth-order valence-corrected chi connectivity index (χ4v) is 2.84. The van der Waals surface area contributed by atoms with Gasteiger partial charge in [0.25, 0.3) is 0 Å². The second kappa shape index (κ2) is 8.09. The number of morpholine rings is 1. The Morgan fingerprint density at radius 3 is 2.67 bits per heavy atom. The molecule has 1 aromatic carbocycles. The van der Waals surface area contributed by atoms with Crippen molar-refractivity contribution in [3.8, 4) is 11.8 Å². The molecule has 0 spiro atoms. The van der Waals surface area contributed by atoms with E-state index >= 15 is 0 Å². The van der Waals surface area contributed by atoms with Gasteiger partial charge in [-0.3, -0.25) is 9.58 Å². The topological polar surface area (TPSA) is 30.3 Å². The molecule has 4 nitrogen and oxygen atoms in total. The normalized spacial score (nSPS) is 16.4. The van der Waals surface area contributed by atoms with Crippen LogP contribution in [0.1, 0.15) is 17.5 Å². The first-order chi connectivity index (χ1) is 11.7. The minimum Gasteiger partial charge on any atom is -0.379 e. The molecule has 1 saturated heterocycles. The number of halogens is 1. The summed E-state index contributed by atoms with van der Waals surface area (Å²) in [7, 11) is 1.89. The van der Waals surface area contributed by atoms with Crippen molar-refractivity contribution in [3.05, 3.63) is 53.6 Å². The minimum absolute atomic E-state index is 0.166. The predicted octanol–water partition coefficient (Wildman–Crippen LogP) is 2.24. The van der Waals surface area contributed by atoms with Gasteiger partial charge < -0.3 is 4.74 Å². The van der Waals surface area contributed by atoms with E-state index < -0.39 is 0 Å². The lowest BCUT2D eigenvalue weighted by Gasteiger charge is -2.31. The molecule has 3 rings (SSSR count). The van der Waals surface area contributed by atoms with Gasteiger partial charge in [0.2, 0.25) is 0 Å². The Kier molecular flexibility index (Phi) is 5.63. The zero-order valence-corrected chi connectivity index (χ0v) is 13.9. The van der Waals surface area contributed by atoms with Crippen LogP contribution in [-0.2, 0) is 18.2 Å². The zero-order chi connectivity index (χ0) is 16.8. The third-order valence-electron chi connectivity index (χ3n) is 4.19. The smallest absolute Gasteiger partial charge is 0.123 e. The van der Waals surface area contributed by atoms with Crippen LogP contribution in [0, 0.1) is 17.7 Å².